The molecule has 0 aromatic heterocycles. The van der Waals surface area contributed by atoms with Crippen molar-refractivity contribution in [3.63, 3.8) is 0 Å². The molecular formula is C32H35N3O7. The van der Waals surface area contributed by atoms with Crippen LogP contribution < -0.4 is 16.0 Å². The molecule has 1 aliphatic rings. The van der Waals surface area contributed by atoms with Gasteiger partial charge in [0.1, 0.15) is 24.9 Å². The highest BCUT2D eigenvalue weighted by Crippen LogP contribution is 2.44. The summed E-state index contributed by atoms with van der Waals surface area (Å²) in [5, 5.41) is 7.39. The summed E-state index contributed by atoms with van der Waals surface area (Å²) in [4.78, 5) is 50.0. The summed E-state index contributed by atoms with van der Waals surface area (Å²) in [5.74, 6) is -1.51. The molecule has 0 saturated carbocycles. The van der Waals surface area contributed by atoms with Gasteiger partial charge in [0.25, 0.3) is 0 Å². The number of hydrogen-bond acceptors (Lipinski definition) is 7. The van der Waals surface area contributed by atoms with Crippen molar-refractivity contribution in [1.29, 1.82) is 0 Å². The lowest BCUT2D eigenvalue weighted by Gasteiger charge is -2.20. The third-order valence-electron chi connectivity index (χ3n) is 6.44. The van der Waals surface area contributed by atoms with E-state index < -0.39 is 35.7 Å². The second-order valence-electron chi connectivity index (χ2n) is 10.8. The minimum atomic E-state index is -1.24. The second-order valence-corrected chi connectivity index (χ2v) is 10.8. The van der Waals surface area contributed by atoms with Gasteiger partial charge in [-0.25, -0.2) is 14.4 Å². The number of benzene rings is 3. The molecule has 3 amide bonds. The monoisotopic (exact) mass is 573 g/mol. The molecule has 220 valence electrons. The van der Waals surface area contributed by atoms with Crippen LogP contribution in [-0.2, 0) is 30.4 Å². The Morgan fingerprint density at radius 2 is 1.36 bits per heavy atom. The van der Waals surface area contributed by atoms with Crippen LogP contribution in [0.4, 0.5) is 9.59 Å². The summed E-state index contributed by atoms with van der Waals surface area (Å²) in [6.07, 6.45) is -1.59. The van der Waals surface area contributed by atoms with Crippen LogP contribution in [0, 0.1) is 0 Å². The SMILES string of the molecule is CC(C)(C)OC(=O)NCC(=O)NC[C@@H](NC(=O)OCC1c2ccccc2-c2ccccc21)C(=O)OCc1ccccc1. The molecule has 1 aliphatic carbocycles. The van der Waals surface area contributed by atoms with E-state index in [1.807, 2.05) is 66.7 Å². The molecule has 3 aromatic rings. The van der Waals surface area contributed by atoms with Crippen molar-refractivity contribution in [2.24, 2.45) is 0 Å². The van der Waals surface area contributed by atoms with Crippen molar-refractivity contribution in [2.75, 3.05) is 19.7 Å². The lowest BCUT2D eigenvalue weighted by atomic mass is 9.98. The molecule has 0 heterocycles. The fraction of sp³-hybridized carbons (Fsp3) is 0.312. The van der Waals surface area contributed by atoms with Crippen molar-refractivity contribution in [3.05, 3.63) is 95.6 Å². The molecule has 0 radical (unpaired) electrons. The first-order chi connectivity index (χ1) is 20.1. The Labute approximate surface area is 244 Å². The van der Waals surface area contributed by atoms with Crippen molar-refractivity contribution < 1.29 is 33.4 Å². The zero-order valence-corrected chi connectivity index (χ0v) is 23.8. The highest BCUT2D eigenvalue weighted by molar-refractivity contribution is 5.85. The van der Waals surface area contributed by atoms with Crippen molar-refractivity contribution in [1.82, 2.24) is 16.0 Å². The van der Waals surface area contributed by atoms with Crippen LogP contribution >= 0.6 is 0 Å². The third-order valence-corrected chi connectivity index (χ3v) is 6.44. The first-order valence-corrected chi connectivity index (χ1v) is 13.7. The fourth-order valence-corrected chi connectivity index (χ4v) is 4.55. The van der Waals surface area contributed by atoms with E-state index in [-0.39, 0.29) is 32.2 Å². The largest absolute Gasteiger partial charge is 0.459 e. The van der Waals surface area contributed by atoms with Gasteiger partial charge in [-0.2, -0.15) is 0 Å². The maximum atomic E-state index is 12.9. The molecule has 10 heteroatoms. The Morgan fingerprint density at radius 3 is 1.98 bits per heavy atom. The molecule has 0 aliphatic heterocycles. The number of carbonyl (C=O) groups is 4. The molecule has 0 unspecified atom stereocenters. The average Bonchev–Trinajstić information content (AvgIpc) is 3.29. The number of ether oxygens (including phenoxy) is 3. The number of alkyl carbamates (subject to hydrolysis) is 2. The predicted octanol–water partition coefficient (Wildman–Crippen LogP) is 4.28. The molecule has 42 heavy (non-hydrogen) atoms. The number of carbonyl (C=O) groups excluding carboxylic acids is 4. The van der Waals surface area contributed by atoms with E-state index in [1.54, 1.807) is 32.9 Å². The van der Waals surface area contributed by atoms with Gasteiger partial charge in [0, 0.05) is 12.5 Å². The topological polar surface area (TPSA) is 132 Å². The quantitative estimate of drug-likeness (QED) is 0.244. The Morgan fingerprint density at radius 1 is 0.762 bits per heavy atom. The molecule has 1 atom stereocenters. The zero-order chi connectivity index (χ0) is 30.1. The highest BCUT2D eigenvalue weighted by Gasteiger charge is 2.30. The average molecular weight is 574 g/mol. The van der Waals surface area contributed by atoms with Crippen LogP contribution in [-0.4, -0.2) is 55.4 Å². The van der Waals surface area contributed by atoms with Crippen LogP contribution in [0.3, 0.4) is 0 Å². The van der Waals surface area contributed by atoms with Gasteiger partial charge in [-0.3, -0.25) is 4.79 Å². The minimum Gasteiger partial charge on any atom is -0.459 e. The van der Waals surface area contributed by atoms with Gasteiger partial charge in [0.05, 0.1) is 6.54 Å². The van der Waals surface area contributed by atoms with E-state index in [4.69, 9.17) is 14.2 Å². The summed E-state index contributed by atoms with van der Waals surface area (Å²) in [5.41, 5.74) is 4.32. The Kier molecular flexibility index (Phi) is 9.80. The standard InChI is InChI=1S/C32H35N3O7/c1-32(2,3)42-30(38)34-18-28(36)33-17-27(29(37)40-19-21-11-5-4-6-12-21)35-31(39)41-20-26-24-15-9-7-13-22(24)23-14-8-10-16-25(23)26/h4-16,26-27H,17-20H2,1-3H3,(H,33,36)(H,34,38)(H,35,39)/t27-/m1/s1. The minimum absolute atomic E-state index is 0.0172. The van der Waals surface area contributed by atoms with Crippen molar-refractivity contribution in [3.8, 4) is 11.1 Å². The molecule has 0 fully saturated rings. The molecule has 4 rings (SSSR count). The predicted molar refractivity (Wildman–Crippen MR) is 155 cm³/mol. The molecule has 0 bridgehead atoms. The number of rotatable bonds is 10. The molecular weight excluding hydrogens is 538 g/mol. The number of hydrogen-bond donors (Lipinski definition) is 3. The van der Waals surface area contributed by atoms with Crippen molar-refractivity contribution in [2.45, 2.75) is 44.9 Å². The van der Waals surface area contributed by atoms with Crippen LogP contribution in [0.2, 0.25) is 0 Å². The van der Waals surface area contributed by atoms with E-state index in [2.05, 4.69) is 16.0 Å². The Hall–Kier alpha value is -4.86. The van der Waals surface area contributed by atoms with Gasteiger partial charge in [-0.1, -0.05) is 78.9 Å². The van der Waals surface area contributed by atoms with Crippen LogP contribution in [0.25, 0.3) is 11.1 Å². The highest BCUT2D eigenvalue weighted by atomic mass is 16.6. The number of fused-ring (bicyclic) bond motifs is 3. The first-order valence-electron chi connectivity index (χ1n) is 13.7. The molecule has 0 saturated heterocycles. The maximum absolute atomic E-state index is 12.9. The molecule has 3 N–H and O–H groups in total. The fourth-order valence-electron chi connectivity index (χ4n) is 4.55. The normalized spacial score (nSPS) is 12.7. The number of esters is 1. The molecule has 3 aromatic carbocycles. The van der Waals surface area contributed by atoms with Gasteiger partial charge >= 0.3 is 18.2 Å². The molecule has 0 spiro atoms. The van der Waals surface area contributed by atoms with E-state index in [0.29, 0.717) is 0 Å². The molecule has 10 nitrogen and oxygen atoms in total. The summed E-state index contributed by atoms with van der Waals surface area (Å²) in [6.45, 7) is 4.47. The smallest absolute Gasteiger partial charge is 0.408 e. The maximum Gasteiger partial charge on any atom is 0.408 e. The van der Waals surface area contributed by atoms with Crippen molar-refractivity contribution >= 4 is 24.1 Å². The van der Waals surface area contributed by atoms with Gasteiger partial charge in [-0.05, 0) is 48.6 Å². The van der Waals surface area contributed by atoms with E-state index in [9.17, 15) is 19.2 Å². The van der Waals surface area contributed by atoms with E-state index >= 15 is 0 Å². The van der Waals surface area contributed by atoms with Gasteiger partial charge in [0.2, 0.25) is 5.91 Å². The first kappa shape index (κ1) is 30.1. The van der Waals surface area contributed by atoms with Crippen LogP contribution in [0.15, 0.2) is 78.9 Å². The zero-order valence-electron chi connectivity index (χ0n) is 23.8. The Balaban J connectivity index is 1.36. The number of amides is 3. The van der Waals surface area contributed by atoms with E-state index in [1.165, 1.54) is 0 Å². The third kappa shape index (κ3) is 8.33. The van der Waals surface area contributed by atoms with Crippen LogP contribution in [0.1, 0.15) is 43.4 Å². The summed E-state index contributed by atoms with van der Waals surface area (Å²) >= 11 is 0. The summed E-state index contributed by atoms with van der Waals surface area (Å²) < 4.78 is 16.1. The van der Waals surface area contributed by atoms with Crippen LogP contribution in [0.5, 0.6) is 0 Å². The number of nitrogens with one attached hydrogen (secondary N) is 3. The van der Waals surface area contributed by atoms with E-state index in [0.717, 1.165) is 27.8 Å². The second kappa shape index (κ2) is 13.7. The summed E-state index contributed by atoms with van der Waals surface area (Å²) in [6, 6.07) is 23.7. The van der Waals surface area contributed by atoms with Gasteiger partial charge in [-0.15, -0.1) is 0 Å². The summed E-state index contributed by atoms with van der Waals surface area (Å²) in [7, 11) is 0. The van der Waals surface area contributed by atoms with Gasteiger partial charge in [0.15, 0.2) is 0 Å². The van der Waals surface area contributed by atoms with Gasteiger partial charge < -0.3 is 30.2 Å². The lowest BCUT2D eigenvalue weighted by Crippen LogP contribution is -2.50. The lowest BCUT2D eigenvalue weighted by molar-refractivity contribution is -0.147. The Bertz CT molecular complexity index is 1370.